The molecule has 2 unspecified atom stereocenters. The van der Waals surface area contributed by atoms with E-state index in [-0.39, 0.29) is 18.0 Å². The first-order chi connectivity index (χ1) is 10.8. The number of nitrogens with zero attached hydrogens (tertiary/aromatic N) is 2. The van der Waals surface area contributed by atoms with Crippen molar-refractivity contribution in [1.29, 1.82) is 0 Å². The van der Waals surface area contributed by atoms with Gasteiger partial charge >= 0.3 is 0 Å². The lowest BCUT2D eigenvalue weighted by Gasteiger charge is -2.09. The average molecular weight is 292 g/mol. The van der Waals surface area contributed by atoms with Crippen molar-refractivity contribution in [3.8, 4) is 0 Å². The molecule has 0 saturated carbocycles. The molecule has 2 aromatic carbocycles. The summed E-state index contributed by atoms with van der Waals surface area (Å²) in [6.45, 7) is 0.615. The van der Waals surface area contributed by atoms with Crippen LogP contribution in [-0.4, -0.2) is 29.1 Å². The maximum Gasteiger partial charge on any atom is 0.296 e. The molecule has 0 aromatic heterocycles. The van der Waals surface area contributed by atoms with E-state index in [1.54, 1.807) is 4.68 Å². The number of benzene rings is 2. The van der Waals surface area contributed by atoms with Crippen LogP contribution >= 0.6 is 0 Å². The van der Waals surface area contributed by atoms with Crippen LogP contribution in [0, 0.1) is 5.92 Å². The van der Waals surface area contributed by atoms with E-state index in [1.807, 2.05) is 60.7 Å². The van der Waals surface area contributed by atoms with Crippen LogP contribution in [0.15, 0.2) is 65.8 Å². The predicted octanol–water partition coefficient (Wildman–Crippen LogP) is 1.59. The smallest absolute Gasteiger partial charge is 0.296 e. The Morgan fingerprint density at radius 2 is 1.59 bits per heavy atom. The van der Waals surface area contributed by atoms with Crippen molar-refractivity contribution in [2.24, 2.45) is 11.0 Å². The van der Waals surface area contributed by atoms with E-state index in [1.165, 1.54) is 0 Å². The molecule has 2 heterocycles. The first-order valence-electron chi connectivity index (χ1n) is 7.49. The van der Waals surface area contributed by atoms with Gasteiger partial charge in [-0.2, -0.15) is 0 Å². The van der Waals surface area contributed by atoms with Gasteiger partial charge in [-0.1, -0.05) is 41.1 Å². The Balaban J connectivity index is 1.94. The van der Waals surface area contributed by atoms with Gasteiger partial charge in [0.05, 0.1) is 12.5 Å². The summed E-state index contributed by atoms with van der Waals surface area (Å²) in [6, 6.07) is 20.0. The predicted molar refractivity (Wildman–Crippen MR) is 81.6 cm³/mol. The molecule has 0 radical (unpaired) electrons. The fourth-order valence-electron chi connectivity index (χ4n) is 3.10. The molecular formula is C18H16N2O2. The molecule has 2 aliphatic heterocycles. The zero-order valence-corrected chi connectivity index (χ0v) is 12.1. The summed E-state index contributed by atoms with van der Waals surface area (Å²) in [5, 5.41) is 16.4. The molecule has 110 valence electrons. The van der Waals surface area contributed by atoms with E-state index >= 15 is 0 Å². The van der Waals surface area contributed by atoms with Gasteiger partial charge in [-0.15, -0.1) is 0 Å². The van der Waals surface area contributed by atoms with Crippen LogP contribution in [0.5, 0.6) is 0 Å². The van der Waals surface area contributed by atoms with E-state index in [2.05, 4.69) is 5.10 Å². The Hall–Kier alpha value is -2.46. The molecule has 2 aliphatic rings. The number of hydrogen-bond acceptors (Lipinski definition) is 3. The molecule has 0 spiro atoms. The molecule has 22 heavy (non-hydrogen) atoms. The molecule has 0 bridgehead atoms. The van der Waals surface area contributed by atoms with Crippen LogP contribution in [0.1, 0.15) is 17.5 Å². The quantitative estimate of drug-likeness (QED) is 0.789. The second-order valence-electron chi connectivity index (χ2n) is 5.52. The number of ether oxygens (including phenoxy) is 1. The van der Waals surface area contributed by atoms with Crippen LogP contribution < -0.4 is 5.11 Å². The first-order valence-corrected chi connectivity index (χ1v) is 7.49. The normalized spacial score (nSPS) is 23.3. The molecule has 0 aliphatic carbocycles. The molecule has 4 heteroatoms. The fourth-order valence-corrected chi connectivity index (χ4v) is 3.10. The molecule has 4 nitrogen and oxygen atoms in total. The van der Waals surface area contributed by atoms with E-state index in [9.17, 15) is 5.11 Å². The lowest BCUT2D eigenvalue weighted by atomic mass is 10.0. The molecular weight excluding hydrogens is 276 g/mol. The molecule has 1 fully saturated rings. The lowest BCUT2D eigenvalue weighted by molar-refractivity contribution is -0.606. The molecule has 4 rings (SSSR count). The third-order valence-corrected chi connectivity index (χ3v) is 4.15. The van der Waals surface area contributed by atoms with Crippen LogP contribution in [0.4, 0.5) is 0 Å². The first kappa shape index (κ1) is 13.2. The summed E-state index contributed by atoms with van der Waals surface area (Å²) in [5.41, 5.74) is 2.98. The summed E-state index contributed by atoms with van der Waals surface area (Å²) in [7, 11) is 0. The van der Waals surface area contributed by atoms with Gasteiger partial charge in [-0.3, -0.25) is 0 Å². The average Bonchev–Trinajstić information content (AvgIpc) is 3.15. The highest BCUT2D eigenvalue weighted by molar-refractivity contribution is 6.09. The zero-order valence-electron chi connectivity index (χ0n) is 12.1. The van der Waals surface area contributed by atoms with Crippen LogP contribution in [-0.2, 0) is 4.74 Å². The van der Waals surface area contributed by atoms with Crippen molar-refractivity contribution in [3.05, 3.63) is 71.8 Å². The monoisotopic (exact) mass is 292 g/mol. The highest BCUT2D eigenvalue weighted by atomic mass is 16.5. The highest BCUT2D eigenvalue weighted by Gasteiger charge is 2.45. The van der Waals surface area contributed by atoms with E-state index in [4.69, 9.17) is 4.74 Å². The van der Waals surface area contributed by atoms with E-state index < -0.39 is 0 Å². The maximum absolute atomic E-state index is 12.1. The Labute approximate surface area is 129 Å². The van der Waals surface area contributed by atoms with Gasteiger partial charge in [0, 0.05) is 17.0 Å². The standard InChI is InChI=1S/C18H16N2O2/c21-17-15-11-12-22-18(15)20(19-17)16(13-7-3-1-4-8-13)14-9-5-2-6-10-14/h1-10,15,18H,11-12H2. The minimum atomic E-state index is -0.275. The van der Waals surface area contributed by atoms with Gasteiger partial charge < -0.3 is 9.84 Å². The summed E-state index contributed by atoms with van der Waals surface area (Å²) >= 11 is 0. The lowest BCUT2D eigenvalue weighted by Crippen LogP contribution is -2.32. The third-order valence-electron chi connectivity index (χ3n) is 4.15. The van der Waals surface area contributed by atoms with Crippen molar-refractivity contribution < 1.29 is 14.5 Å². The van der Waals surface area contributed by atoms with E-state index in [0.29, 0.717) is 6.61 Å². The number of hydrazone groups is 1. The zero-order chi connectivity index (χ0) is 14.9. The van der Waals surface area contributed by atoms with Gasteiger partial charge in [0.1, 0.15) is 0 Å². The number of rotatable bonds is 2. The van der Waals surface area contributed by atoms with Crippen LogP contribution in [0.2, 0.25) is 0 Å². The Morgan fingerprint density at radius 1 is 1.00 bits per heavy atom. The van der Waals surface area contributed by atoms with Crippen LogP contribution in [0.25, 0.3) is 0 Å². The molecule has 0 N–H and O–H groups in total. The van der Waals surface area contributed by atoms with Crippen molar-refractivity contribution >= 4 is 11.6 Å². The summed E-state index contributed by atoms with van der Waals surface area (Å²) < 4.78 is 7.54. The van der Waals surface area contributed by atoms with Crippen molar-refractivity contribution in [2.45, 2.75) is 12.6 Å². The Bertz CT molecular complexity index is 697. The maximum atomic E-state index is 12.1. The van der Waals surface area contributed by atoms with E-state index in [0.717, 1.165) is 23.3 Å². The molecule has 0 amide bonds. The summed E-state index contributed by atoms with van der Waals surface area (Å²) in [6.07, 6.45) is 0.475. The Morgan fingerprint density at radius 3 is 2.18 bits per heavy atom. The number of fused-ring (bicyclic) bond motifs is 1. The minimum Gasteiger partial charge on any atom is -0.857 e. The van der Waals surface area contributed by atoms with Crippen molar-refractivity contribution in [1.82, 2.24) is 0 Å². The minimum absolute atomic E-state index is 0.0770. The third kappa shape index (κ3) is 2.12. The largest absolute Gasteiger partial charge is 0.857 e. The SMILES string of the molecule is [O-]C1=N[N+](=C(c2ccccc2)c2ccccc2)C2OCCC12. The second kappa shape index (κ2) is 5.39. The molecule has 1 saturated heterocycles. The second-order valence-corrected chi connectivity index (χ2v) is 5.52. The van der Waals surface area contributed by atoms with Gasteiger partial charge in [0.15, 0.2) is 0 Å². The molecule has 2 aromatic rings. The summed E-state index contributed by atoms with van der Waals surface area (Å²) in [4.78, 5) is 0. The summed E-state index contributed by atoms with van der Waals surface area (Å²) in [5.74, 6) is -0.214. The van der Waals surface area contributed by atoms with Crippen molar-refractivity contribution in [3.63, 3.8) is 0 Å². The van der Waals surface area contributed by atoms with Gasteiger partial charge in [-0.05, 0) is 35.8 Å². The Kier molecular flexibility index (Phi) is 3.24. The fraction of sp³-hybridized carbons (Fsp3) is 0.222. The van der Waals surface area contributed by atoms with Gasteiger partial charge in [0.25, 0.3) is 6.23 Å². The van der Waals surface area contributed by atoms with Gasteiger partial charge in [-0.25, -0.2) is 0 Å². The van der Waals surface area contributed by atoms with Crippen molar-refractivity contribution in [2.75, 3.05) is 6.61 Å². The van der Waals surface area contributed by atoms with Gasteiger partial charge in [0.2, 0.25) is 5.71 Å². The topological polar surface area (TPSA) is 47.7 Å². The highest BCUT2D eigenvalue weighted by Crippen LogP contribution is 2.28. The molecule has 2 atom stereocenters. The van der Waals surface area contributed by atoms with Crippen LogP contribution in [0.3, 0.4) is 0 Å². The number of hydrogen-bond donors (Lipinski definition) is 0.